The summed E-state index contributed by atoms with van der Waals surface area (Å²) >= 11 is 0. The largest absolute Gasteiger partial charge is 0.103 e. The van der Waals surface area contributed by atoms with Gasteiger partial charge in [0.25, 0.3) is 0 Å². The summed E-state index contributed by atoms with van der Waals surface area (Å²) in [5.41, 5.74) is 0. The normalized spacial score (nSPS) is 29.2. The molecule has 2 atom stereocenters. The molecule has 2 unspecified atom stereocenters. The zero-order chi connectivity index (χ0) is 8.10. The minimum atomic E-state index is 0.738. The van der Waals surface area contributed by atoms with Crippen molar-refractivity contribution in [1.29, 1.82) is 0 Å². The average molecular weight is 150 g/mol. The van der Waals surface area contributed by atoms with Crippen molar-refractivity contribution in [2.45, 2.75) is 32.6 Å². The third-order valence-electron chi connectivity index (χ3n) is 2.54. The summed E-state index contributed by atoms with van der Waals surface area (Å²) in [6, 6.07) is 0. The first kappa shape index (κ1) is 8.58. The van der Waals surface area contributed by atoms with Crippen molar-refractivity contribution < 1.29 is 0 Å². The number of rotatable bonds is 4. The van der Waals surface area contributed by atoms with Gasteiger partial charge in [-0.25, -0.2) is 0 Å². The van der Waals surface area contributed by atoms with Gasteiger partial charge in [0.1, 0.15) is 0 Å². The van der Waals surface area contributed by atoms with Crippen molar-refractivity contribution in [3.8, 4) is 0 Å². The van der Waals surface area contributed by atoms with E-state index in [-0.39, 0.29) is 0 Å². The van der Waals surface area contributed by atoms with Gasteiger partial charge in [-0.05, 0) is 24.7 Å². The Balaban J connectivity index is 2.30. The Labute approximate surface area is 70.0 Å². The molecule has 0 aromatic heterocycles. The molecule has 1 rings (SSSR count). The van der Waals surface area contributed by atoms with Crippen LogP contribution in [-0.2, 0) is 0 Å². The second kappa shape index (κ2) is 4.38. The molecule has 0 aromatic rings. The molecule has 0 aliphatic heterocycles. The van der Waals surface area contributed by atoms with Crippen molar-refractivity contribution in [1.82, 2.24) is 0 Å². The van der Waals surface area contributed by atoms with Gasteiger partial charge >= 0.3 is 0 Å². The highest BCUT2D eigenvalue weighted by atomic mass is 14.2. The van der Waals surface area contributed by atoms with Crippen LogP contribution >= 0.6 is 0 Å². The summed E-state index contributed by atoms with van der Waals surface area (Å²) in [5, 5.41) is 0. The Morgan fingerprint density at radius 1 is 1.64 bits per heavy atom. The van der Waals surface area contributed by atoms with Crippen LogP contribution in [0.3, 0.4) is 0 Å². The molecule has 0 N–H and O–H groups in total. The molecule has 0 aromatic carbocycles. The highest BCUT2D eigenvalue weighted by molar-refractivity contribution is 5.06. The van der Waals surface area contributed by atoms with E-state index >= 15 is 0 Å². The van der Waals surface area contributed by atoms with Crippen LogP contribution in [0.15, 0.2) is 24.8 Å². The molecule has 0 saturated carbocycles. The lowest BCUT2D eigenvalue weighted by Crippen LogP contribution is -2.04. The van der Waals surface area contributed by atoms with Gasteiger partial charge in [-0.2, -0.15) is 0 Å². The van der Waals surface area contributed by atoms with E-state index in [9.17, 15) is 0 Å². The van der Waals surface area contributed by atoms with Gasteiger partial charge in [0, 0.05) is 0 Å². The van der Waals surface area contributed by atoms with Crippen LogP contribution in [-0.4, -0.2) is 0 Å². The highest BCUT2D eigenvalue weighted by Gasteiger charge is 2.18. The third-order valence-corrected chi connectivity index (χ3v) is 2.54. The predicted octanol–water partition coefficient (Wildman–Crippen LogP) is 3.55. The minimum Gasteiger partial charge on any atom is -0.103 e. The van der Waals surface area contributed by atoms with Crippen molar-refractivity contribution in [3.05, 3.63) is 24.8 Å². The van der Waals surface area contributed by atoms with Gasteiger partial charge in [-0.3, -0.25) is 0 Å². The first-order valence-corrected chi connectivity index (χ1v) is 4.67. The number of allylic oxidation sites excluding steroid dienone is 3. The Morgan fingerprint density at radius 2 is 2.45 bits per heavy atom. The summed E-state index contributed by atoms with van der Waals surface area (Å²) in [4.78, 5) is 0. The van der Waals surface area contributed by atoms with E-state index in [1.54, 1.807) is 0 Å². The molecule has 0 fully saturated rings. The second-order valence-corrected chi connectivity index (χ2v) is 3.37. The van der Waals surface area contributed by atoms with E-state index in [1.807, 2.05) is 0 Å². The van der Waals surface area contributed by atoms with Gasteiger partial charge in [0.2, 0.25) is 0 Å². The molecule has 1 aliphatic rings. The van der Waals surface area contributed by atoms with Crippen molar-refractivity contribution in [2.75, 3.05) is 0 Å². The van der Waals surface area contributed by atoms with Crippen molar-refractivity contribution >= 4 is 0 Å². The molecule has 1 aliphatic carbocycles. The monoisotopic (exact) mass is 150 g/mol. The maximum Gasteiger partial charge on any atom is -0.0139 e. The van der Waals surface area contributed by atoms with Crippen LogP contribution in [0.25, 0.3) is 0 Å². The van der Waals surface area contributed by atoms with Crippen LogP contribution in [0, 0.1) is 11.8 Å². The van der Waals surface area contributed by atoms with E-state index in [0.29, 0.717) is 0 Å². The van der Waals surface area contributed by atoms with Gasteiger partial charge in [-0.15, -0.1) is 6.58 Å². The maximum atomic E-state index is 3.86. The first-order valence-electron chi connectivity index (χ1n) is 4.67. The summed E-state index contributed by atoms with van der Waals surface area (Å²) in [5.74, 6) is 1.54. The Morgan fingerprint density at radius 3 is 3.09 bits per heavy atom. The van der Waals surface area contributed by atoms with Crippen LogP contribution in [0.1, 0.15) is 32.6 Å². The maximum absolute atomic E-state index is 3.86. The fraction of sp³-hybridized carbons (Fsp3) is 0.636. The molecule has 0 nitrogen and oxygen atoms in total. The van der Waals surface area contributed by atoms with Gasteiger partial charge < -0.3 is 0 Å². The lowest BCUT2D eigenvalue weighted by molar-refractivity contribution is 0.460. The molecule has 0 amide bonds. The van der Waals surface area contributed by atoms with Crippen LogP contribution in [0.2, 0.25) is 0 Å². The Kier molecular flexibility index (Phi) is 3.41. The highest BCUT2D eigenvalue weighted by Crippen LogP contribution is 2.29. The fourth-order valence-electron chi connectivity index (χ4n) is 1.75. The molecule has 0 heterocycles. The predicted molar refractivity (Wildman–Crippen MR) is 50.5 cm³/mol. The topological polar surface area (TPSA) is 0 Å². The van der Waals surface area contributed by atoms with E-state index < -0.39 is 0 Å². The van der Waals surface area contributed by atoms with Crippen LogP contribution in [0.4, 0.5) is 0 Å². The smallest absolute Gasteiger partial charge is 0.0139 e. The summed E-state index contributed by atoms with van der Waals surface area (Å²) in [7, 11) is 0. The summed E-state index contributed by atoms with van der Waals surface area (Å²) in [6.07, 6.45) is 12.0. The fourth-order valence-corrected chi connectivity index (χ4v) is 1.75. The molecule has 0 saturated heterocycles. The van der Waals surface area contributed by atoms with Gasteiger partial charge in [0.15, 0.2) is 0 Å². The quantitative estimate of drug-likeness (QED) is 0.537. The summed E-state index contributed by atoms with van der Waals surface area (Å²) in [6.45, 7) is 6.11. The molecular formula is C11H18. The third kappa shape index (κ3) is 2.21. The molecule has 62 valence electrons. The Hall–Kier alpha value is -0.520. The number of unbranched alkanes of at least 4 members (excludes halogenated alkanes) is 1. The summed E-state index contributed by atoms with van der Waals surface area (Å²) < 4.78 is 0. The van der Waals surface area contributed by atoms with E-state index in [0.717, 1.165) is 11.8 Å². The lowest BCUT2D eigenvalue weighted by Gasteiger charge is -2.14. The van der Waals surface area contributed by atoms with Crippen LogP contribution < -0.4 is 0 Å². The number of hydrogen-bond donors (Lipinski definition) is 0. The molecule has 0 spiro atoms. The van der Waals surface area contributed by atoms with Crippen molar-refractivity contribution in [3.63, 3.8) is 0 Å². The zero-order valence-corrected chi connectivity index (χ0v) is 7.42. The van der Waals surface area contributed by atoms with Crippen LogP contribution in [0.5, 0.6) is 0 Å². The van der Waals surface area contributed by atoms with E-state index in [1.165, 1.54) is 25.7 Å². The molecular weight excluding hydrogens is 132 g/mol. The molecule has 0 heteroatoms. The second-order valence-electron chi connectivity index (χ2n) is 3.37. The van der Waals surface area contributed by atoms with E-state index in [2.05, 4.69) is 31.7 Å². The molecule has 0 bridgehead atoms. The minimum absolute atomic E-state index is 0.738. The first-order chi connectivity index (χ1) is 5.38. The van der Waals surface area contributed by atoms with Crippen molar-refractivity contribution in [2.24, 2.45) is 11.8 Å². The standard InChI is InChI=1S/C11H18/c1-3-5-7-11-9-6-8-10(11)4-2/h4,6,9-11H,2-3,5,7-8H2,1H3. The average Bonchev–Trinajstić information content (AvgIpc) is 2.47. The van der Waals surface area contributed by atoms with Gasteiger partial charge in [-0.1, -0.05) is 38.0 Å². The molecule has 0 radical (unpaired) electrons. The van der Waals surface area contributed by atoms with E-state index in [4.69, 9.17) is 0 Å². The SMILES string of the molecule is C=CC1CC=CC1CCCC. The lowest BCUT2D eigenvalue weighted by atomic mass is 9.91. The Bertz CT molecular complexity index is 144. The number of hydrogen-bond acceptors (Lipinski definition) is 0. The molecule has 11 heavy (non-hydrogen) atoms. The van der Waals surface area contributed by atoms with Gasteiger partial charge in [0.05, 0.1) is 0 Å². The zero-order valence-electron chi connectivity index (χ0n) is 7.42.